The lowest BCUT2D eigenvalue weighted by Crippen LogP contribution is -2.53. The van der Waals surface area contributed by atoms with Gasteiger partial charge >= 0.3 is 0 Å². The fraction of sp³-hybridized carbons (Fsp3) is 1.00. The lowest BCUT2D eigenvalue weighted by Gasteiger charge is -2.44. The summed E-state index contributed by atoms with van der Waals surface area (Å²) < 4.78 is 5.71. The highest BCUT2D eigenvalue weighted by Gasteiger charge is 2.34. The van der Waals surface area contributed by atoms with E-state index in [-0.39, 0.29) is 6.10 Å². The normalized spacial score (nSPS) is 40.4. The van der Waals surface area contributed by atoms with Crippen molar-refractivity contribution < 1.29 is 9.84 Å². The molecule has 2 fully saturated rings. The predicted octanol–water partition coefficient (Wildman–Crippen LogP) is 2.04. The Morgan fingerprint density at radius 1 is 1.24 bits per heavy atom. The summed E-state index contributed by atoms with van der Waals surface area (Å²) in [6.45, 7) is 7.29. The molecule has 1 saturated heterocycles. The SMILES string of the molecule is CCC1CCC(O)C(N2CCOC(CC)C2)C1. The Hall–Kier alpha value is -0.120. The summed E-state index contributed by atoms with van der Waals surface area (Å²) in [7, 11) is 0. The van der Waals surface area contributed by atoms with E-state index >= 15 is 0 Å². The zero-order chi connectivity index (χ0) is 12.3. The Bertz CT molecular complexity index is 234. The minimum Gasteiger partial charge on any atom is -0.391 e. The fourth-order valence-electron chi connectivity index (χ4n) is 3.27. The molecule has 0 spiro atoms. The molecule has 2 aliphatic rings. The second-order valence-electron chi connectivity index (χ2n) is 5.62. The lowest BCUT2D eigenvalue weighted by molar-refractivity contribution is -0.0798. The molecule has 1 aliphatic heterocycles. The third-order valence-electron chi connectivity index (χ3n) is 4.56. The molecule has 4 unspecified atom stereocenters. The number of morpholine rings is 1. The van der Waals surface area contributed by atoms with Gasteiger partial charge in [-0.3, -0.25) is 4.90 Å². The van der Waals surface area contributed by atoms with Crippen LogP contribution in [0, 0.1) is 5.92 Å². The molecule has 1 aliphatic carbocycles. The topological polar surface area (TPSA) is 32.7 Å². The number of hydrogen-bond donors (Lipinski definition) is 1. The number of aliphatic hydroxyl groups is 1. The second kappa shape index (κ2) is 6.17. The van der Waals surface area contributed by atoms with Crippen molar-refractivity contribution >= 4 is 0 Å². The number of nitrogens with zero attached hydrogens (tertiary/aromatic N) is 1. The van der Waals surface area contributed by atoms with Crippen LogP contribution in [0.25, 0.3) is 0 Å². The Labute approximate surface area is 105 Å². The van der Waals surface area contributed by atoms with E-state index in [1.165, 1.54) is 19.3 Å². The van der Waals surface area contributed by atoms with Crippen LogP contribution in [0.5, 0.6) is 0 Å². The summed E-state index contributed by atoms with van der Waals surface area (Å²) in [5.41, 5.74) is 0. The van der Waals surface area contributed by atoms with Crippen molar-refractivity contribution in [1.82, 2.24) is 4.90 Å². The minimum absolute atomic E-state index is 0.117. The summed E-state index contributed by atoms with van der Waals surface area (Å²) in [6.07, 6.45) is 5.95. The second-order valence-corrected chi connectivity index (χ2v) is 5.62. The molecule has 0 aromatic carbocycles. The first-order valence-corrected chi connectivity index (χ1v) is 7.28. The van der Waals surface area contributed by atoms with E-state index in [0.717, 1.165) is 38.5 Å². The largest absolute Gasteiger partial charge is 0.391 e. The van der Waals surface area contributed by atoms with E-state index in [2.05, 4.69) is 18.7 Å². The van der Waals surface area contributed by atoms with Gasteiger partial charge in [-0.2, -0.15) is 0 Å². The highest BCUT2D eigenvalue weighted by atomic mass is 16.5. The van der Waals surface area contributed by atoms with Gasteiger partial charge in [-0.15, -0.1) is 0 Å². The van der Waals surface area contributed by atoms with E-state index in [9.17, 15) is 5.11 Å². The van der Waals surface area contributed by atoms with E-state index in [1.807, 2.05) is 0 Å². The van der Waals surface area contributed by atoms with E-state index < -0.39 is 0 Å². The van der Waals surface area contributed by atoms with Gasteiger partial charge < -0.3 is 9.84 Å². The molecule has 1 heterocycles. The third kappa shape index (κ3) is 3.21. The van der Waals surface area contributed by atoms with Crippen LogP contribution in [0.3, 0.4) is 0 Å². The molecular weight excluding hydrogens is 214 g/mol. The number of aliphatic hydroxyl groups excluding tert-OH is 1. The smallest absolute Gasteiger partial charge is 0.0700 e. The van der Waals surface area contributed by atoms with E-state index in [4.69, 9.17) is 4.74 Å². The van der Waals surface area contributed by atoms with Gasteiger partial charge in [-0.1, -0.05) is 20.3 Å². The Kier molecular flexibility index (Phi) is 4.83. The summed E-state index contributed by atoms with van der Waals surface area (Å²) >= 11 is 0. The van der Waals surface area contributed by atoms with Crippen LogP contribution in [-0.2, 0) is 4.74 Å². The van der Waals surface area contributed by atoms with Crippen LogP contribution < -0.4 is 0 Å². The summed E-state index contributed by atoms with van der Waals surface area (Å²) in [6, 6.07) is 0.381. The van der Waals surface area contributed by atoms with Gasteiger partial charge in [-0.25, -0.2) is 0 Å². The van der Waals surface area contributed by atoms with Crippen molar-refractivity contribution in [3.63, 3.8) is 0 Å². The van der Waals surface area contributed by atoms with Crippen molar-refractivity contribution in [2.45, 2.75) is 64.2 Å². The van der Waals surface area contributed by atoms with Crippen LogP contribution in [0.2, 0.25) is 0 Å². The van der Waals surface area contributed by atoms with Gasteiger partial charge in [0, 0.05) is 19.1 Å². The first kappa shape index (κ1) is 13.3. The highest BCUT2D eigenvalue weighted by Crippen LogP contribution is 2.31. The number of hydrogen-bond acceptors (Lipinski definition) is 3. The standard InChI is InChI=1S/C14H27NO2/c1-3-11-5-6-14(16)13(9-11)15-7-8-17-12(4-2)10-15/h11-14,16H,3-10H2,1-2H3. The molecule has 0 aromatic rings. The van der Waals surface area contributed by atoms with Crippen LogP contribution in [0.1, 0.15) is 46.0 Å². The summed E-state index contributed by atoms with van der Waals surface area (Å²) in [5, 5.41) is 10.2. The van der Waals surface area contributed by atoms with Crippen molar-refractivity contribution in [3.05, 3.63) is 0 Å². The van der Waals surface area contributed by atoms with Gasteiger partial charge in [-0.05, 0) is 31.6 Å². The molecular formula is C14H27NO2. The molecule has 0 bridgehead atoms. The summed E-state index contributed by atoms with van der Waals surface area (Å²) in [4.78, 5) is 2.48. The van der Waals surface area contributed by atoms with Crippen molar-refractivity contribution in [2.75, 3.05) is 19.7 Å². The molecule has 4 atom stereocenters. The monoisotopic (exact) mass is 241 g/mol. The molecule has 3 heteroatoms. The van der Waals surface area contributed by atoms with Crippen LogP contribution >= 0.6 is 0 Å². The predicted molar refractivity (Wildman–Crippen MR) is 69.0 cm³/mol. The quantitative estimate of drug-likeness (QED) is 0.820. The van der Waals surface area contributed by atoms with Crippen LogP contribution in [-0.4, -0.2) is 48.0 Å². The molecule has 100 valence electrons. The molecule has 3 nitrogen and oxygen atoms in total. The number of rotatable bonds is 3. The maximum atomic E-state index is 10.2. The molecule has 0 amide bonds. The minimum atomic E-state index is -0.117. The first-order chi connectivity index (χ1) is 8.24. The van der Waals surface area contributed by atoms with Crippen molar-refractivity contribution in [3.8, 4) is 0 Å². The van der Waals surface area contributed by atoms with Gasteiger partial charge in [0.05, 0.1) is 18.8 Å². The lowest BCUT2D eigenvalue weighted by atomic mass is 9.81. The Morgan fingerprint density at radius 2 is 2.06 bits per heavy atom. The highest BCUT2D eigenvalue weighted by molar-refractivity contribution is 4.88. The molecule has 0 radical (unpaired) electrons. The Morgan fingerprint density at radius 3 is 2.76 bits per heavy atom. The zero-order valence-corrected chi connectivity index (χ0v) is 11.3. The van der Waals surface area contributed by atoms with E-state index in [0.29, 0.717) is 12.1 Å². The maximum Gasteiger partial charge on any atom is 0.0700 e. The van der Waals surface area contributed by atoms with Crippen molar-refractivity contribution in [1.29, 1.82) is 0 Å². The molecule has 1 saturated carbocycles. The third-order valence-corrected chi connectivity index (χ3v) is 4.56. The average Bonchev–Trinajstić information content (AvgIpc) is 2.39. The fourth-order valence-corrected chi connectivity index (χ4v) is 3.27. The Balaban J connectivity index is 1.94. The van der Waals surface area contributed by atoms with Gasteiger partial charge in [0.25, 0.3) is 0 Å². The van der Waals surface area contributed by atoms with Gasteiger partial charge in [0.15, 0.2) is 0 Å². The van der Waals surface area contributed by atoms with Gasteiger partial charge in [0.1, 0.15) is 0 Å². The molecule has 0 aromatic heterocycles. The van der Waals surface area contributed by atoms with Crippen LogP contribution in [0.15, 0.2) is 0 Å². The average molecular weight is 241 g/mol. The maximum absolute atomic E-state index is 10.2. The summed E-state index contributed by atoms with van der Waals surface area (Å²) in [5.74, 6) is 0.811. The molecule has 1 N–H and O–H groups in total. The van der Waals surface area contributed by atoms with Crippen molar-refractivity contribution in [2.24, 2.45) is 5.92 Å². The van der Waals surface area contributed by atoms with E-state index in [1.54, 1.807) is 0 Å². The zero-order valence-electron chi connectivity index (χ0n) is 11.3. The number of ether oxygens (including phenoxy) is 1. The van der Waals surface area contributed by atoms with Crippen LogP contribution in [0.4, 0.5) is 0 Å². The molecule has 17 heavy (non-hydrogen) atoms. The molecule has 2 rings (SSSR count). The first-order valence-electron chi connectivity index (χ1n) is 7.28. The van der Waals surface area contributed by atoms with Gasteiger partial charge in [0.2, 0.25) is 0 Å².